The van der Waals surface area contributed by atoms with Crippen molar-refractivity contribution in [1.29, 1.82) is 0 Å². The van der Waals surface area contributed by atoms with Crippen molar-refractivity contribution in [2.45, 2.75) is 64.7 Å². The molecule has 124 valence electrons. The molecule has 0 aliphatic carbocycles. The Kier molecular flexibility index (Phi) is 8.04. The highest BCUT2D eigenvalue weighted by molar-refractivity contribution is 5.67. The van der Waals surface area contributed by atoms with E-state index in [2.05, 4.69) is 37.5 Å². The van der Waals surface area contributed by atoms with Crippen LogP contribution in [-0.2, 0) is 9.47 Å². The Hall–Kier alpha value is -0.810. The maximum absolute atomic E-state index is 10.7. The summed E-state index contributed by atoms with van der Waals surface area (Å²) in [5.41, 5.74) is 0. The highest BCUT2D eigenvalue weighted by atomic mass is 16.5. The summed E-state index contributed by atoms with van der Waals surface area (Å²) in [4.78, 5) is 14.8. The van der Waals surface area contributed by atoms with Gasteiger partial charge in [-0.15, -0.1) is 0 Å². The van der Waals surface area contributed by atoms with Crippen LogP contribution in [0.4, 0.5) is 4.79 Å². The predicted octanol–water partition coefficient (Wildman–Crippen LogP) is 2.74. The monoisotopic (exact) mass is 300 g/mol. The number of carbonyl (C=O) groups excluding carboxylic acids is 1. The standard InChI is InChI=1S/C10H21NO.C6H11NO2/c1-8(2)12-9(3)10-6-5-7-11(10)4;1-9-6(8)7-4-2-3-5-7/h8-10H,5-7H2,1-4H3;2-5H2,1H3/t9-,10-;/m0./s1. The highest BCUT2D eigenvalue weighted by Gasteiger charge is 2.27. The third-order valence-corrected chi connectivity index (χ3v) is 4.14. The van der Waals surface area contributed by atoms with Crippen molar-refractivity contribution < 1.29 is 14.3 Å². The number of likely N-dealkylation sites (N-methyl/N-ethyl adjacent to an activating group) is 1. The van der Waals surface area contributed by atoms with E-state index < -0.39 is 0 Å². The Morgan fingerprint density at radius 1 is 1.10 bits per heavy atom. The van der Waals surface area contributed by atoms with E-state index in [4.69, 9.17) is 4.74 Å². The Labute approximate surface area is 129 Å². The normalized spacial score (nSPS) is 23.9. The molecule has 2 fully saturated rings. The van der Waals surface area contributed by atoms with Crippen molar-refractivity contribution in [2.75, 3.05) is 33.8 Å². The van der Waals surface area contributed by atoms with Gasteiger partial charge in [-0.25, -0.2) is 4.79 Å². The van der Waals surface area contributed by atoms with Crippen LogP contribution >= 0.6 is 0 Å². The molecule has 2 aliphatic rings. The van der Waals surface area contributed by atoms with Gasteiger partial charge in [0.05, 0.1) is 19.3 Å². The van der Waals surface area contributed by atoms with Gasteiger partial charge in [-0.05, 0) is 60.0 Å². The number of ether oxygens (including phenoxy) is 2. The zero-order valence-electron chi connectivity index (χ0n) is 14.3. The maximum Gasteiger partial charge on any atom is 0.409 e. The average Bonchev–Trinajstić information content (AvgIpc) is 3.08. The lowest BCUT2D eigenvalue weighted by molar-refractivity contribution is -0.0201. The van der Waals surface area contributed by atoms with E-state index >= 15 is 0 Å². The summed E-state index contributed by atoms with van der Waals surface area (Å²) in [7, 11) is 3.61. The summed E-state index contributed by atoms with van der Waals surface area (Å²) in [5, 5.41) is 0. The van der Waals surface area contributed by atoms with Crippen LogP contribution in [0.5, 0.6) is 0 Å². The molecule has 0 bridgehead atoms. The zero-order valence-corrected chi connectivity index (χ0v) is 14.3. The Morgan fingerprint density at radius 3 is 2.14 bits per heavy atom. The molecule has 21 heavy (non-hydrogen) atoms. The van der Waals surface area contributed by atoms with Crippen molar-refractivity contribution >= 4 is 6.09 Å². The molecule has 0 aromatic rings. The molecule has 0 saturated carbocycles. The van der Waals surface area contributed by atoms with Crippen molar-refractivity contribution in [3.63, 3.8) is 0 Å². The van der Waals surface area contributed by atoms with E-state index in [0.29, 0.717) is 18.2 Å². The van der Waals surface area contributed by atoms with E-state index in [1.54, 1.807) is 4.90 Å². The molecule has 0 N–H and O–H groups in total. The Balaban J connectivity index is 0.000000219. The fourth-order valence-corrected chi connectivity index (χ4v) is 3.08. The first-order valence-electron chi connectivity index (χ1n) is 8.14. The van der Waals surface area contributed by atoms with Gasteiger partial charge in [0.15, 0.2) is 0 Å². The molecule has 2 rings (SSSR count). The van der Waals surface area contributed by atoms with Gasteiger partial charge < -0.3 is 19.3 Å². The molecule has 2 heterocycles. The van der Waals surface area contributed by atoms with E-state index in [1.807, 2.05) is 0 Å². The number of rotatable bonds is 3. The molecule has 1 amide bonds. The number of hydrogen-bond donors (Lipinski definition) is 0. The quantitative estimate of drug-likeness (QED) is 0.804. The number of likely N-dealkylation sites (tertiary alicyclic amines) is 2. The van der Waals surface area contributed by atoms with Gasteiger partial charge in [0, 0.05) is 19.1 Å². The number of amides is 1. The van der Waals surface area contributed by atoms with Crippen LogP contribution in [0, 0.1) is 0 Å². The van der Waals surface area contributed by atoms with Gasteiger partial charge >= 0.3 is 6.09 Å². The predicted molar refractivity (Wildman–Crippen MR) is 84.5 cm³/mol. The third kappa shape index (κ3) is 6.22. The lowest BCUT2D eigenvalue weighted by Gasteiger charge is -2.27. The molecule has 0 spiro atoms. The van der Waals surface area contributed by atoms with Crippen LogP contribution in [0.3, 0.4) is 0 Å². The molecule has 2 atom stereocenters. The van der Waals surface area contributed by atoms with E-state index in [0.717, 1.165) is 25.9 Å². The molecular weight excluding hydrogens is 268 g/mol. The second-order valence-corrected chi connectivity index (χ2v) is 6.24. The Morgan fingerprint density at radius 2 is 1.71 bits per heavy atom. The van der Waals surface area contributed by atoms with Crippen molar-refractivity contribution in [3.8, 4) is 0 Å². The zero-order chi connectivity index (χ0) is 15.8. The topological polar surface area (TPSA) is 42.0 Å². The third-order valence-electron chi connectivity index (χ3n) is 4.14. The van der Waals surface area contributed by atoms with Gasteiger partial charge in [0.2, 0.25) is 0 Å². The van der Waals surface area contributed by atoms with E-state index in [1.165, 1.54) is 26.5 Å². The number of nitrogens with zero attached hydrogens (tertiary/aromatic N) is 2. The fraction of sp³-hybridized carbons (Fsp3) is 0.938. The summed E-state index contributed by atoms with van der Waals surface area (Å²) in [5.74, 6) is 0. The summed E-state index contributed by atoms with van der Waals surface area (Å²) < 4.78 is 10.3. The van der Waals surface area contributed by atoms with Crippen LogP contribution in [0.15, 0.2) is 0 Å². The molecule has 2 aliphatic heterocycles. The van der Waals surface area contributed by atoms with E-state index in [-0.39, 0.29) is 6.09 Å². The first-order chi connectivity index (χ1) is 9.95. The molecule has 0 radical (unpaired) electrons. The van der Waals surface area contributed by atoms with Gasteiger partial charge in [-0.3, -0.25) is 0 Å². The molecule has 0 unspecified atom stereocenters. The van der Waals surface area contributed by atoms with Crippen LogP contribution in [0.1, 0.15) is 46.5 Å². The van der Waals surface area contributed by atoms with Crippen molar-refractivity contribution in [3.05, 3.63) is 0 Å². The second-order valence-electron chi connectivity index (χ2n) is 6.24. The second kappa shape index (κ2) is 9.26. The van der Waals surface area contributed by atoms with E-state index in [9.17, 15) is 4.79 Å². The minimum Gasteiger partial charge on any atom is -0.453 e. The number of hydrogen-bond acceptors (Lipinski definition) is 4. The molecule has 0 aromatic heterocycles. The lowest BCUT2D eigenvalue weighted by atomic mass is 10.1. The minimum atomic E-state index is -0.187. The van der Waals surface area contributed by atoms with Crippen molar-refractivity contribution in [2.24, 2.45) is 0 Å². The van der Waals surface area contributed by atoms with Gasteiger partial charge in [-0.2, -0.15) is 0 Å². The molecule has 0 aromatic carbocycles. The van der Waals surface area contributed by atoms with Gasteiger partial charge in [-0.1, -0.05) is 0 Å². The SMILES string of the molecule is CC(C)O[C@@H](C)[C@@H]1CCCN1C.COC(=O)N1CCCC1. The van der Waals surface area contributed by atoms with Gasteiger partial charge in [0.25, 0.3) is 0 Å². The van der Waals surface area contributed by atoms with Crippen LogP contribution < -0.4 is 0 Å². The van der Waals surface area contributed by atoms with Crippen LogP contribution in [0.2, 0.25) is 0 Å². The summed E-state index contributed by atoms with van der Waals surface area (Å²) >= 11 is 0. The molecule has 5 heteroatoms. The lowest BCUT2D eigenvalue weighted by Crippen LogP contribution is -2.37. The summed E-state index contributed by atoms with van der Waals surface area (Å²) in [6.07, 6.45) is 5.42. The van der Waals surface area contributed by atoms with Crippen LogP contribution in [-0.4, -0.2) is 67.9 Å². The highest BCUT2D eigenvalue weighted by Crippen LogP contribution is 2.20. The minimum absolute atomic E-state index is 0.187. The summed E-state index contributed by atoms with van der Waals surface area (Å²) in [6.45, 7) is 9.36. The van der Waals surface area contributed by atoms with Gasteiger partial charge in [0.1, 0.15) is 0 Å². The Bertz CT molecular complexity index is 304. The molecule has 2 saturated heterocycles. The first-order valence-corrected chi connectivity index (χ1v) is 8.14. The summed E-state index contributed by atoms with van der Waals surface area (Å²) in [6, 6.07) is 0.646. The van der Waals surface area contributed by atoms with Crippen molar-refractivity contribution in [1.82, 2.24) is 9.80 Å². The number of carbonyl (C=O) groups is 1. The smallest absolute Gasteiger partial charge is 0.409 e. The van der Waals surface area contributed by atoms with Crippen LogP contribution in [0.25, 0.3) is 0 Å². The largest absolute Gasteiger partial charge is 0.453 e. The number of methoxy groups -OCH3 is 1. The fourth-order valence-electron chi connectivity index (χ4n) is 3.08. The maximum atomic E-state index is 10.7. The first kappa shape index (κ1) is 18.2. The molecule has 5 nitrogen and oxygen atoms in total. The average molecular weight is 300 g/mol. The molecular formula is C16H32N2O3.